The van der Waals surface area contributed by atoms with Gasteiger partial charge in [0.05, 0.1) is 6.07 Å². The number of carbonyl (C=O) groups is 3. The number of nitrogens with zero attached hydrogens (tertiary/aromatic N) is 2. The van der Waals surface area contributed by atoms with Gasteiger partial charge in [-0.25, -0.2) is 4.79 Å². The largest absolute Gasteiger partial charge is 0.336 e. The van der Waals surface area contributed by atoms with E-state index in [2.05, 4.69) is 16.7 Å². The highest BCUT2D eigenvalue weighted by molar-refractivity contribution is 6.09. The van der Waals surface area contributed by atoms with Crippen LogP contribution < -0.4 is 10.6 Å². The Labute approximate surface area is 152 Å². The molecule has 7 heteroatoms. The molecule has 136 valence electrons. The minimum absolute atomic E-state index is 0.123. The minimum atomic E-state index is -1.21. The van der Waals surface area contributed by atoms with Crippen molar-refractivity contribution in [1.29, 1.82) is 5.26 Å². The van der Waals surface area contributed by atoms with Crippen LogP contribution in [0.5, 0.6) is 0 Å². The van der Waals surface area contributed by atoms with E-state index in [1.807, 2.05) is 19.1 Å². The Kier molecular flexibility index (Phi) is 4.23. The molecule has 1 heterocycles. The molecule has 1 aromatic carbocycles. The molecule has 26 heavy (non-hydrogen) atoms. The van der Waals surface area contributed by atoms with Gasteiger partial charge in [-0.1, -0.05) is 29.8 Å². The van der Waals surface area contributed by atoms with E-state index in [9.17, 15) is 19.6 Å². The van der Waals surface area contributed by atoms with Crippen LogP contribution in [0.25, 0.3) is 0 Å². The second-order valence-electron chi connectivity index (χ2n) is 7.45. The monoisotopic (exact) mass is 354 g/mol. The third-order valence-electron chi connectivity index (χ3n) is 5.23. The summed E-state index contributed by atoms with van der Waals surface area (Å²) in [5.74, 6) is -0.874. The van der Waals surface area contributed by atoms with Gasteiger partial charge in [-0.15, -0.1) is 0 Å². The zero-order valence-electron chi connectivity index (χ0n) is 15.1. The maximum atomic E-state index is 12.8. The molecule has 4 amide bonds. The molecule has 1 aliphatic heterocycles. The normalized spacial score (nSPS) is 24.6. The van der Waals surface area contributed by atoms with Crippen molar-refractivity contribution in [1.82, 2.24) is 15.5 Å². The molecule has 1 aliphatic carbocycles. The maximum absolute atomic E-state index is 12.8. The highest BCUT2D eigenvalue weighted by Gasteiger charge is 2.50. The van der Waals surface area contributed by atoms with Crippen molar-refractivity contribution in [2.75, 3.05) is 6.54 Å². The lowest BCUT2D eigenvalue weighted by atomic mass is 9.91. The van der Waals surface area contributed by atoms with Crippen molar-refractivity contribution >= 4 is 17.8 Å². The Morgan fingerprint density at radius 3 is 2.54 bits per heavy atom. The average Bonchev–Trinajstić information content (AvgIpc) is 3.42. The van der Waals surface area contributed by atoms with E-state index in [1.165, 1.54) is 0 Å². The number of rotatable bonds is 5. The Morgan fingerprint density at radius 1 is 1.38 bits per heavy atom. The molecule has 0 spiro atoms. The van der Waals surface area contributed by atoms with Gasteiger partial charge in [-0.3, -0.25) is 14.5 Å². The predicted octanol–water partition coefficient (Wildman–Crippen LogP) is 1.57. The van der Waals surface area contributed by atoms with Crippen LogP contribution in [-0.2, 0) is 15.1 Å². The molecule has 0 aromatic heterocycles. The average molecular weight is 354 g/mol. The van der Waals surface area contributed by atoms with E-state index >= 15 is 0 Å². The molecule has 2 N–H and O–H groups in total. The van der Waals surface area contributed by atoms with Crippen LogP contribution >= 0.6 is 0 Å². The number of benzene rings is 1. The number of hydrogen-bond donors (Lipinski definition) is 2. The van der Waals surface area contributed by atoms with E-state index in [1.54, 1.807) is 26.0 Å². The summed E-state index contributed by atoms with van der Waals surface area (Å²) in [5.41, 5.74) is -0.470. The number of nitrogens with one attached hydrogen (secondary N) is 2. The molecule has 2 fully saturated rings. The summed E-state index contributed by atoms with van der Waals surface area (Å²) in [7, 11) is 0. The van der Waals surface area contributed by atoms with Crippen molar-refractivity contribution in [2.24, 2.45) is 5.92 Å². The first-order valence-corrected chi connectivity index (χ1v) is 8.63. The molecule has 3 rings (SSSR count). The van der Waals surface area contributed by atoms with E-state index < -0.39 is 35.5 Å². The van der Waals surface area contributed by atoms with E-state index in [0.29, 0.717) is 5.56 Å². The second-order valence-corrected chi connectivity index (χ2v) is 7.45. The number of amides is 4. The molecule has 0 radical (unpaired) electrons. The van der Waals surface area contributed by atoms with Crippen molar-refractivity contribution < 1.29 is 14.4 Å². The zero-order valence-corrected chi connectivity index (χ0v) is 15.1. The molecular weight excluding hydrogens is 332 g/mol. The standard InChI is InChI=1S/C19H22N4O3/c1-12-4-6-14(7-5-12)19(3)16(25)23(17(26)22-19)10-15(24)21-18(2,11-20)13-8-9-13/h4-7,13H,8-10H2,1-3H3,(H,21,24)(H,22,26)/t18-,19-/m1/s1. The van der Waals surface area contributed by atoms with Gasteiger partial charge in [-0.2, -0.15) is 5.26 Å². The third kappa shape index (κ3) is 3.03. The van der Waals surface area contributed by atoms with Crippen LogP contribution in [0.15, 0.2) is 24.3 Å². The molecule has 1 saturated carbocycles. The Bertz CT molecular complexity index is 809. The summed E-state index contributed by atoms with van der Waals surface area (Å²) in [4.78, 5) is 38.4. The molecule has 0 unspecified atom stereocenters. The van der Waals surface area contributed by atoms with Crippen LogP contribution in [0.4, 0.5) is 4.79 Å². The number of urea groups is 1. The zero-order chi connectivity index (χ0) is 19.1. The van der Waals surface area contributed by atoms with Gasteiger partial charge in [0.2, 0.25) is 5.91 Å². The number of aryl methyl sites for hydroxylation is 1. The first-order valence-electron chi connectivity index (χ1n) is 8.63. The predicted molar refractivity (Wildman–Crippen MR) is 93.7 cm³/mol. The number of hydrogen-bond acceptors (Lipinski definition) is 4. The van der Waals surface area contributed by atoms with Gasteiger partial charge < -0.3 is 10.6 Å². The highest BCUT2D eigenvalue weighted by atomic mass is 16.2. The fraction of sp³-hybridized carbons (Fsp3) is 0.474. The minimum Gasteiger partial charge on any atom is -0.336 e. The quantitative estimate of drug-likeness (QED) is 0.784. The van der Waals surface area contributed by atoms with Crippen molar-refractivity contribution in [3.63, 3.8) is 0 Å². The van der Waals surface area contributed by atoms with Gasteiger partial charge in [-0.05, 0) is 45.1 Å². The van der Waals surface area contributed by atoms with Crippen LogP contribution in [0.3, 0.4) is 0 Å². The van der Waals surface area contributed by atoms with E-state index in [-0.39, 0.29) is 5.92 Å². The molecule has 1 saturated heterocycles. The van der Waals surface area contributed by atoms with Gasteiger partial charge in [0.25, 0.3) is 5.91 Å². The van der Waals surface area contributed by atoms with Crippen LogP contribution in [0.1, 0.15) is 37.8 Å². The van der Waals surface area contributed by atoms with Crippen LogP contribution in [0, 0.1) is 24.2 Å². The molecule has 1 aromatic rings. The number of nitriles is 1. The van der Waals surface area contributed by atoms with E-state index in [4.69, 9.17) is 0 Å². The van der Waals surface area contributed by atoms with Crippen LogP contribution in [0.2, 0.25) is 0 Å². The lowest BCUT2D eigenvalue weighted by Gasteiger charge is -2.25. The number of carbonyl (C=O) groups excluding carboxylic acids is 3. The number of imide groups is 1. The second kappa shape index (κ2) is 6.13. The van der Waals surface area contributed by atoms with Crippen molar-refractivity contribution in [3.05, 3.63) is 35.4 Å². The first kappa shape index (κ1) is 17.9. The molecule has 2 aliphatic rings. The fourth-order valence-corrected chi connectivity index (χ4v) is 3.28. The molecular formula is C19H22N4O3. The summed E-state index contributed by atoms with van der Waals surface area (Å²) >= 11 is 0. The van der Waals surface area contributed by atoms with Gasteiger partial charge in [0.1, 0.15) is 17.6 Å². The summed E-state index contributed by atoms with van der Waals surface area (Å²) in [6, 6.07) is 8.82. The Morgan fingerprint density at radius 2 is 2.00 bits per heavy atom. The smallest absolute Gasteiger partial charge is 0.325 e. The van der Waals surface area contributed by atoms with Crippen molar-refractivity contribution in [3.8, 4) is 6.07 Å². The van der Waals surface area contributed by atoms with Crippen LogP contribution in [-0.4, -0.2) is 34.8 Å². The SMILES string of the molecule is Cc1ccc([C@@]2(C)NC(=O)N(CC(=O)N[C@](C)(C#N)C3CC3)C2=O)cc1. The molecule has 0 bridgehead atoms. The lowest BCUT2D eigenvalue weighted by Crippen LogP contribution is -2.51. The maximum Gasteiger partial charge on any atom is 0.325 e. The Balaban J connectivity index is 1.74. The molecule has 2 atom stereocenters. The van der Waals surface area contributed by atoms with Gasteiger partial charge >= 0.3 is 6.03 Å². The summed E-state index contributed by atoms with van der Waals surface area (Å²) in [5, 5.41) is 14.7. The fourth-order valence-electron chi connectivity index (χ4n) is 3.28. The first-order chi connectivity index (χ1) is 12.2. The third-order valence-corrected chi connectivity index (χ3v) is 5.23. The lowest BCUT2D eigenvalue weighted by molar-refractivity contribution is -0.135. The van der Waals surface area contributed by atoms with Gasteiger partial charge in [0.15, 0.2) is 0 Å². The Hall–Kier alpha value is -2.88. The summed E-state index contributed by atoms with van der Waals surface area (Å²) in [6.07, 6.45) is 1.78. The summed E-state index contributed by atoms with van der Waals surface area (Å²) < 4.78 is 0. The summed E-state index contributed by atoms with van der Waals surface area (Å²) in [6.45, 7) is 4.82. The highest BCUT2D eigenvalue weighted by Crippen LogP contribution is 2.39. The van der Waals surface area contributed by atoms with Crippen molar-refractivity contribution in [2.45, 2.75) is 44.7 Å². The molecule has 7 nitrogen and oxygen atoms in total. The van der Waals surface area contributed by atoms with Gasteiger partial charge in [0, 0.05) is 0 Å². The topological polar surface area (TPSA) is 102 Å². The van der Waals surface area contributed by atoms with E-state index in [0.717, 1.165) is 23.3 Å².